The minimum Gasteiger partial charge on any atom is -0.364 e. The van der Waals surface area contributed by atoms with Gasteiger partial charge in [-0.1, -0.05) is 22.9 Å². The van der Waals surface area contributed by atoms with Gasteiger partial charge >= 0.3 is 0 Å². The number of rotatable bonds is 6. The van der Waals surface area contributed by atoms with Gasteiger partial charge in [0.05, 0.1) is 6.20 Å². The normalized spacial score (nSPS) is 10.4. The lowest BCUT2D eigenvalue weighted by molar-refractivity contribution is 0.0954. The van der Waals surface area contributed by atoms with Crippen molar-refractivity contribution in [1.82, 2.24) is 15.8 Å². The van der Waals surface area contributed by atoms with E-state index in [1.165, 1.54) is 0 Å². The van der Waals surface area contributed by atoms with Gasteiger partial charge < -0.3 is 15.2 Å². The van der Waals surface area contributed by atoms with E-state index in [0.717, 1.165) is 11.1 Å². The summed E-state index contributed by atoms with van der Waals surface area (Å²) in [5, 5.41) is 9.66. The van der Waals surface area contributed by atoms with E-state index in [1.807, 2.05) is 31.2 Å². The highest BCUT2D eigenvalue weighted by molar-refractivity contribution is 5.94. The number of carbonyl (C=O) groups excluding carboxylic acids is 1. The van der Waals surface area contributed by atoms with E-state index in [1.54, 1.807) is 12.5 Å². The van der Waals surface area contributed by atoms with Crippen LogP contribution in [0.5, 0.6) is 0 Å². The molecule has 5 heteroatoms. The molecule has 0 spiro atoms. The Labute approximate surface area is 112 Å². The zero-order chi connectivity index (χ0) is 13.5. The van der Waals surface area contributed by atoms with E-state index in [9.17, 15) is 4.79 Å². The predicted octanol–water partition coefficient (Wildman–Crippen LogP) is 1.50. The largest absolute Gasteiger partial charge is 0.364 e. The second kappa shape index (κ2) is 6.70. The molecule has 2 aromatic rings. The van der Waals surface area contributed by atoms with Crippen molar-refractivity contribution in [2.24, 2.45) is 0 Å². The Morgan fingerprint density at radius 1 is 1.26 bits per heavy atom. The van der Waals surface area contributed by atoms with Crippen LogP contribution in [0.25, 0.3) is 0 Å². The number of hydrogen-bond donors (Lipinski definition) is 2. The SMILES string of the molecule is Cc1ccc(C(=O)NCCNCc2cnoc2)cc1. The fourth-order valence-corrected chi connectivity index (χ4v) is 1.62. The van der Waals surface area contributed by atoms with E-state index >= 15 is 0 Å². The molecule has 2 N–H and O–H groups in total. The van der Waals surface area contributed by atoms with Crippen LogP contribution in [-0.4, -0.2) is 24.2 Å². The molecule has 1 aromatic heterocycles. The van der Waals surface area contributed by atoms with E-state index < -0.39 is 0 Å². The van der Waals surface area contributed by atoms with Gasteiger partial charge in [-0.05, 0) is 19.1 Å². The fourth-order valence-electron chi connectivity index (χ4n) is 1.62. The van der Waals surface area contributed by atoms with Gasteiger partial charge in [0.15, 0.2) is 0 Å². The van der Waals surface area contributed by atoms with Crippen LogP contribution in [0.1, 0.15) is 21.5 Å². The molecule has 0 unspecified atom stereocenters. The van der Waals surface area contributed by atoms with Crippen LogP contribution in [0.4, 0.5) is 0 Å². The minimum absolute atomic E-state index is 0.0493. The molecule has 0 aliphatic rings. The van der Waals surface area contributed by atoms with Gasteiger partial charge in [0.2, 0.25) is 0 Å². The number of nitrogens with one attached hydrogen (secondary N) is 2. The molecular weight excluding hydrogens is 242 g/mol. The van der Waals surface area contributed by atoms with Crippen LogP contribution in [0.3, 0.4) is 0 Å². The Kier molecular flexibility index (Phi) is 4.69. The Morgan fingerprint density at radius 3 is 2.74 bits per heavy atom. The zero-order valence-corrected chi connectivity index (χ0v) is 10.8. The number of aryl methyl sites for hydroxylation is 1. The van der Waals surface area contributed by atoms with Gasteiger partial charge in [0.1, 0.15) is 6.26 Å². The molecule has 0 aliphatic heterocycles. The quantitative estimate of drug-likeness (QED) is 0.772. The molecule has 1 heterocycles. The first-order valence-corrected chi connectivity index (χ1v) is 6.19. The molecule has 19 heavy (non-hydrogen) atoms. The minimum atomic E-state index is -0.0493. The summed E-state index contributed by atoms with van der Waals surface area (Å²) < 4.78 is 4.72. The first-order chi connectivity index (χ1) is 9.25. The number of amides is 1. The van der Waals surface area contributed by atoms with Crippen molar-refractivity contribution in [2.75, 3.05) is 13.1 Å². The molecule has 0 fully saturated rings. The lowest BCUT2D eigenvalue weighted by atomic mass is 10.1. The Balaban J connectivity index is 1.65. The van der Waals surface area contributed by atoms with Crippen molar-refractivity contribution in [3.8, 4) is 0 Å². The summed E-state index contributed by atoms with van der Waals surface area (Å²) >= 11 is 0. The van der Waals surface area contributed by atoms with Crippen LogP contribution >= 0.6 is 0 Å². The Hall–Kier alpha value is -2.14. The van der Waals surface area contributed by atoms with Gasteiger partial charge in [0.25, 0.3) is 5.91 Å². The third-order valence-electron chi connectivity index (χ3n) is 2.71. The summed E-state index contributed by atoms with van der Waals surface area (Å²) in [5.41, 5.74) is 2.82. The molecule has 0 saturated heterocycles. The van der Waals surface area contributed by atoms with E-state index in [-0.39, 0.29) is 5.91 Å². The number of carbonyl (C=O) groups is 1. The molecule has 100 valence electrons. The average molecular weight is 259 g/mol. The molecule has 1 amide bonds. The second-order valence-corrected chi connectivity index (χ2v) is 4.33. The van der Waals surface area contributed by atoms with Crippen molar-refractivity contribution >= 4 is 5.91 Å². The number of aromatic nitrogens is 1. The molecular formula is C14H17N3O2. The second-order valence-electron chi connectivity index (χ2n) is 4.33. The summed E-state index contributed by atoms with van der Waals surface area (Å²) in [6, 6.07) is 7.52. The van der Waals surface area contributed by atoms with Crippen molar-refractivity contribution in [2.45, 2.75) is 13.5 Å². The van der Waals surface area contributed by atoms with Crippen LogP contribution in [-0.2, 0) is 6.54 Å². The maximum Gasteiger partial charge on any atom is 0.251 e. The van der Waals surface area contributed by atoms with E-state index in [2.05, 4.69) is 15.8 Å². The maximum absolute atomic E-state index is 11.8. The number of hydrogen-bond acceptors (Lipinski definition) is 4. The highest BCUT2D eigenvalue weighted by atomic mass is 16.5. The van der Waals surface area contributed by atoms with E-state index in [4.69, 9.17) is 4.52 Å². The van der Waals surface area contributed by atoms with Gasteiger partial charge in [-0.3, -0.25) is 4.79 Å². The fraction of sp³-hybridized carbons (Fsp3) is 0.286. The molecule has 1 aromatic carbocycles. The van der Waals surface area contributed by atoms with Gasteiger partial charge in [-0.2, -0.15) is 0 Å². The van der Waals surface area contributed by atoms with Crippen LogP contribution < -0.4 is 10.6 Å². The van der Waals surface area contributed by atoms with Crippen molar-refractivity contribution in [1.29, 1.82) is 0 Å². The molecule has 2 rings (SSSR count). The summed E-state index contributed by atoms with van der Waals surface area (Å²) in [6.07, 6.45) is 3.26. The summed E-state index contributed by atoms with van der Waals surface area (Å²) in [6.45, 7) is 3.96. The topological polar surface area (TPSA) is 67.2 Å². The molecule has 0 atom stereocenters. The summed E-state index contributed by atoms with van der Waals surface area (Å²) in [4.78, 5) is 11.8. The van der Waals surface area contributed by atoms with Gasteiger partial charge in [0, 0.05) is 30.8 Å². The van der Waals surface area contributed by atoms with E-state index in [0.29, 0.717) is 25.2 Å². The number of nitrogens with zero attached hydrogens (tertiary/aromatic N) is 1. The lowest BCUT2D eigenvalue weighted by Gasteiger charge is -2.06. The third-order valence-corrected chi connectivity index (χ3v) is 2.71. The Bertz CT molecular complexity index is 506. The summed E-state index contributed by atoms with van der Waals surface area (Å²) in [5.74, 6) is -0.0493. The van der Waals surface area contributed by atoms with Crippen LogP contribution in [0, 0.1) is 6.92 Å². The molecule has 0 saturated carbocycles. The smallest absolute Gasteiger partial charge is 0.251 e. The van der Waals surface area contributed by atoms with Crippen molar-refractivity contribution < 1.29 is 9.32 Å². The monoisotopic (exact) mass is 259 g/mol. The molecule has 5 nitrogen and oxygen atoms in total. The predicted molar refractivity (Wildman–Crippen MR) is 71.7 cm³/mol. The van der Waals surface area contributed by atoms with Gasteiger partial charge in [-0.25, -0.2) is 0 Å². The maximum atomic E-state index is 11.8. The van der Waals surface area contributed by atoms with Crippen molar-refractivity contribution in [3.05, 3.63) is 53.4 Å². The standard InChI is InChI=1S/C14H17N3O2/c1-11-2-4-13(5-3-11)14(18)16-7-6-15-8-12-9-17-19-10-12/h2-5,9-10,15H,6-8H2,1H3,(H,16,18). The van der Waals surface area contributed by atoms with Gasteiger partial charge in [-0.15, -0.1) is 0 Å². The average Bonchev–Trinajstić information content (AvgIpc) is 2.92. The highest BCUT2D eigenvalue weighted by Crippen LogP contribution is 2.02. The van der Waals surface area contributed by atoms with Crippen molar-refractivity contribution in [3.63, 3.8) is 0 Å². The molecule has 0 radical (unpaired) electrons. The molecule has 0 aliphatic carbocycles. The third kappa shape index (κ3) is 4.22. The van der Waals surface area contributed by atoms with Crippen LogP contribution in [0.2, 0.25) is 0 Å². The lowest BCUT2D eigenvalue weighted by Crippen LogP contribution is -2.31. The highest BCUT2D eigenvalue weighted by Gasteiger charge is 2.03. The van der Waals surface area contributed by atoms with Crippen LogP contribution in [0.15, 0.2) is 41.2 Å². The summed E-state index contributed by atoms with van der Waals surface area (Å²) in [7, 11) is 0. The Morgan fingerprint density at radius 2 is 2.05 bits per heavy atom. The zero-order valence-electron chi connectivity index (χ0n) is 10.8. The molecule has 0 bridgehead atoms. The first-order valence-electron chi connectivity index (χ1n) is 6.19. The first kappa shape index (κ1) is 13.3. The number of benzene rings is 1.